The highest BCUT2D eigenvalue weighted by Gasteiger charge is 2.28. The van der Waals surface area contributed by atoms with E-state index in [0.29, 0.717) is 11.1 Å². The molecule has 0 aliphatic rings. The van der Waals surface area contributed by atoms with Gasteiger partial charge in [-0.25, -0.2) is 0 Å². The quantitative estimate of drug-likeness (QED) is 0.795. The second-order valence-electron chi connectivity index (χ2n) is 5.02. The molecular formula is C14H16N2O5S2. The molecule has 0 fully saturated rings. The Morgan fingerprint density at radius 1 is 0.826 bits per heavy atom. The molecule has 4 N–H and O–H groups in total. The van der Waals surface area contributed by atoms with Crippen molar-refractivity contribution in [3.8, 4) is 0 Å². The van der Waals surface area contributed by atoms with Crippen LogP contribution in [0.15, 0.2) is 46.2 Å². The first-order chi connectivity index (χ1) is 10.5. The molecule has 0 radical (unpaired) electrons. The van der Waals surface area contributed by atoms with Crippen LogP contribution in [0.4, 0.5) is 11.4 Å². The van der Waals surface area contributed by atoms with Gasteiger partial charge < -0.3 is 11.5 Å². The lowest BCUT2D eigenvalue weighted by Gasteiger charge is -2.10. The SMILES string of the molecule is Cc1ccc(S(=O)(=O)OS(=O)(=O)c2cc(N)ccc2C)cc1N. The first-order valence-corrected chi connectivity index (χ1v) is 9.28. The molecular weight excluding hydrogens is 340 g/mol. The predicted molar refractivity (Wildman–Crippen MR) is 86.6 cm³/mol. The van der Waals surface area contributed by atoms with Crippen molar-refractivity contribution in [2.45, 2.75) is 23.6 Å². The molecule has 0 heterocycles. The summed E-state index contributed by atoms with van der Waals surface area (Å²) in [6.45, 7) is 3.20. The minimum absolute atomic E-state index is 0.176. The highest BCUT2D eigenvalue weighted by Crippen LogP contribution is 2.26. The van der Waals surface area contributed by atoms with Gasteiger partial charge in [0.25, 0.3) is 0 Å². The fourth-order valence-corrected chi connectivity index (χ4v) is 4.65. The van der Waals surface area contributed by atoms with Gasteiger partial charge in [0, 0.05) is 11.4 Å². The normalized spacial score (nSPS) is 12.3. The number of aryl methyl sites for hydroxylation is 2. The molecule has 0 spiro atoms. The van der Waals surface area contributed by atoms with Gasteiger partial charge in [-0.05, 0) is 49.2 Å². The number of anilines is 2. The fraction of sp³-hybridized carbons (Fsp3) is 0.143. The molecule has 124 valence electrons. The maximum absolute atomic E-state index is 12.3. The Bertz CT molecular complexity index is 967. The third-order valence-corrected chi connectivity index (χ3v) is 6.44. The lowest BCUT2D eigenvalue weighted by atomic mass is 10.2. The summed E-state index contributed by atoms with van der Waals surface area (Å²) >= 11 is 0. The number of nitrogens with two attached hydrogens (primary N) is 2. The molecule has 0 aromatic heterocycles. The van der Waals surface area contributed by atoms with Crippen molar-refractivity contribution < 1.29 is 20.5 Å². The van der Waals surface area contributed by atoms with E-state index in [4.69, 9.17) is 11.5 Å². The molecule has 0 amide bonds. The summed E-state index contributed by atoms with van der Waals surface area (Å²) in [5.41, 5.74) is 12.6. The van der Waals surface area contributed by atoms with Gasteiger partial charge in [0.2, 0.25) is 0 Å². The molecule has 0 saturated carbocycles. The van der Waals surface area contributed by atoms with Gasteiger partial charge in [0.05, 0.1) is 4.90 Å². The van der Waals surface area contributed by atoms with Gasteiger partial charge in [-0.2, -0.15) is 16.8 Å². The molecule has 2 aromatic carbocycles. The van der Waals surface area contributed by atoms with Crippen molar-refractivity contribution in [1.29, 1.82) is 0 Å². The van der Waals surface area contributed by atoms with Crippen LogP contribution in [-0.2, 0) is 23.9 Å². The van der Waals surface area contributed by atoms with Gasteiger partial charge in [-0.1, -0.05) is 12.1 Å². The van der Waals surface area contributed by atoms with E-state index in [1.54, 1.807) is 6.92 Å². The van der Waals surface area contributed by atoms with E-state index in [1.807, 2.05) is 0 Å². The Morgan fingerprint density at radius 2 is 1.43 bits per heavy atom. The zero-order valence-electron chi connectivity index (χ0n) is 12.5. The summed E-state index contributed by atoms with van der Waals surface area (Å²) in [7, 11) is -9.09. The van der Waals surface area contributed by atoms with Crippen LogP contribution >= 0.6 is 0 Å². The average Bonchev–Trinajstić information content (AvgIpc) is 2.43. The zero-order valence-corrected chi connectivity index (χ0v) is 14.1. The van der Waals surface area contributed by atoms with Crippen LogP contribution in [0.3, 0.4) is 0 Å². The Hall–Kier alpha value is -2.10. The van der Waals surface area contributed by atoms with Gasteiger partial charge in [0.1, 0.15) is 4.90 Å². The number of benzene rings is 2. The standard InChI is InChI=1S/C14H16N2O5S2/c1-9-4-6-12(8-13(9)16)22(17,18)21-23(19,20)14-7-11(15)5-3-10(14)2/h3-8H,15-16H2,1-2H3. The monoisotopic (exact) mass is 356 g/mol. The number of rotatable bonds is 4. The van der Waals surface area contributed by atoms with Crippen LogP contribution in [0.2, 0.25) is 0 Å². The van der Waals surface area contributed by atoms with Gasteiger partial charge in [-0.3, -0.25) is 0 Å². The van der Waals surface area contributed by atoms with Crippen LogP contribution in [0.1, 0.15) is 11.1 Å². The minimum Gasteiger partial charge on any atom is -0.399 e. The maximum Gasteiger partial charge on any atom is 0.312 e. The van der Waals surface area contributed by atoms with E-state index in [0.717, 1.165) is 12.1 Å². The lowest BCUT2D eigenvalue weighted by molar-refractivity contribution is 0.461. The van der Waals surface area contributed by atoms with E-state index in [-0.39, 0.29) is 21.2 Å². The van der Waals surface area contributed by atoms with Gasteiger partial charge in [-0.15, -0.1) is 3.63 Å². The Labute approximate surface area is 135 Å². The highest BCUT2D eigenvalue weighted by atomic mass is 32.3. The van der Waals surface area contributed by atoms with Crippen molar-refractivity contribution in [2.75, 3.05) is 11.5 Å². The average molecular weight is 356 g/mol. The van der Waals surface area contributed by atoms with Crippen molar-refractivity contribution >= 4 is 31.6 Å². The number of hydrogen-bond acceptors (Lipinski definition) is 7. The van der Waals surface area contributed by atoms with E-state index >= 15 is 0 Å². The minimum atomic E-state index is -4.55. The smallest absolute Gasteiger partial charge is 0.312 e. The second kappa shape index (κ2) is 5.84. The van der Waals surface area contributed by atoms with E-state index in [1.165, 1.54) is 31.2 Å². The van der Waals surface area contributed by atoms with Crippen LogP contribution in [0, 0.1) is 13.8 Å². The summed E-state index contributed by atoms with van der Waals surface area (Å²) in [5, 5.41) is 0. The molecule has 7 nitrogen and oxygen atoms in total. The fourth-order valence-electron chi connectivity index (χ4n) is 1.85. The van der Waals surface area contributed by atoms with Crippen LogP contribution in [-0.4, -0.2) is 16.8 Å². The first kappa shape index (κ1) is 17.3. The molecule has 0 aliphatic heterocycles. The number of nitrogen functional groups attached to an aromatic ring is 2. The highest BCUT2D eigenvalue weighted by molar-refractivity contribution is 8.00. The van der Waals surface area contributed by atoms with Crippen molar-refractivity contribution in [2.24, 2.45) is 0 Å². The first-order valence-electron chi connectivity index (χ1n) is 6.46. The molecule has 2 rings (SSSR count). The summed E-state index contributed by atoms with van der Waals surface area (Å²) in [5.74, 6) is 0. The summed E-state index contributed by atoms with van der Waals surface area (Å²) < 4.78 is 53.4. The van der Waals surface area contributed by atoms with Gasteiger partial charge in [0.15, 0.2) is 0 Å². The van der Waals surface area contributed by atoms with E-state index in [2.05, 4.69) is 3.63 Å². The van der Waals surface area contributed by atoms with E-state index in [9.17, 15) is 16.8 Å². The maximum atomic E-state index is 12.3. The van der Waals surface area contributed by atoms with Crippen LogP contribution < -0.4 is 11.5 Å². The zero-order chi connectivity index (χ0) is 17.4. The molecule has 0 atom stereocenters. The van der Waals surface area contributed by atoms with Crippen molar-refractivity contribution in [3.63, 3.8) is 0 Å². The van der Waals surface area contributed by atoms with Crippen molar-refractivity contribution in [1.82, 2.24) is 0 Å². The molecule has 0 aliphatic carbocycles. The number of hydrogen-bond donors (Lipinski definition) is 2. The molecule has 2 aromatic rings. The molecule has 23 heavy (non-hydrogen) atoms. The third-order valence-electron chi connectivity index (χ3n) is 3.20. The topological polar surface area (TPSA) is 130 Å². The molecule has 0 unspecified atom stereocenters. The predicted octanol–water partition coefficient (Wildman–Crippen LogP) is 1.56. The summed E-state index contributed by atoms with van der Waals surface area (Å²) in [6, 6.07) is 7.94. The van der Waals surface area contributed by atoms with Crippen LogP contribution in [0.25, 0.3) is 0 Å². The summed E-state index contributed by atoms with van der Waals surface area (Å²) in [6.07, 6.45) is 0. The Balaban J connectivity index is 2.46. The van der Waals surface area contributed by atoms with Crippen molar-refractivity contribution in [3.05, 3.63) is 47.5 Å². The Kier molecular flexibility index (Phi) is 4.38. The summed E-state index contributed by atoms with van der Waals surface area (Å²) in [4.78, 5) is -0.646. The van der Waals surface area contributed by atoms with Crippen LogP contribution in [0.5, 0.6) is 0 Å². The molecule has 0 bridgehead atoms. The molecule has 0 saturated heterocycles. The second-order valence-corrected chi connectivity index (χ2v) is 8.29. The lowest BCUT2D eigenvalue weighted by Crippen LogP contribution is -2.15. The molecule has 9 heteroatoms. The third kappa shape index (κ3) is 3.63. The Morgan fingerprint density at radius 3 is 2.04 bits per heavy atom. The van der Waals surface area contributed by atoms with E-state index < -0.39 is 20.2 Å². The largest absolute Gasteiger partial charge is 0.399 e. The van der Waals surface area contributed by atoms with Gasteiger partial charge >= 0.3 is 20.2 Å².